The van der Waals surface area contributed by atoms with Crippen molar-refractivity contribution in [3.63, 3.8) is 0 Å². The molecular weight excluding hydrogens is 411 g/mol. The normalized spacial score (nSPS) is 19.9. The first kappa shape index (κ1) is 21.1. The van der Waals surface area contributed by atoms with E-state index in [0.29, 0.717) is 25.0 Å². The van der Waals surface area contributed by atoms with Crippen LogP contribution in [0.4, 0.5) is 18.9 Å². The molecule has 1 aliphatic carbocycles. The summed E-state index contributed by atoms with van der Waals surface area (Å²) < 4.78 is 63.2. The maximum Gasteiger partial charge on any atom is 0.416 e. The molecule has 0 saturated heterocycles. The molecule has 1 saturated carbocycles. The molecule has 0 spiro atoms. The number of nitrogens with two attached hydrogens (primary N) is 1. The van der Waals surface area contributed by atoms with Crippen LogP contribution in [0.2, 0.25) is 0 Å². The quantitative estimate of drug-likeness (QED) is 0.685. The second-order valence-corrected chi connectivity index (χ2v) is 8.66. The lowest BCUT2D eigenvalue weighted by Gasteiger charge is -2.17. The van der Waals surface area contributed by atoms with Crippen LogP contribution in [0, 0.1) is 0 Å². The summed E-state index contributed by atoms with van der Waals surface area (Å²) in [6.45, 7) is 0. The van der Waals surface area contributed by atoms with Crippen LogP contribution in [0.15, 0.2) is 46.3 Å². The van der Waals surface area contributed by atoms with E-state index in [2.05, 4.69) is 10.3 Å². The zero-order valence-electron chi connectivity index (χ0n) is 15.0. The van der Waals surface area contributed by atoms with Crippen LogP contribution in [-0.4, -0.2) is 36.6 Å². The SMILES string of the molecule is Nc1cc(S(=O)(=O)c2ccc(C(F)(F)F)cc2)cnc1C(=O)N[C@@H]1CCC[C@@H]1O. The van der Waals surface area contributed by atoms with Gasteiger partial charge in [-0.2, -0.15) is 13.2 Å². The fraction of sp³-hybridized carbons (Fsp3) is 0.333. The van der Waals surface area contributed by atoms with Crippen molar-refractivity contribution in [2.24, 2.45) is 0 Å². The Morgan fingerprint density at radius 1 is 1.17 bits per heavy atom. The van der Waals surface area contributed by atoms with E-state index in [0.717, 1.165) is 30.8 Å². The molecule has 11 heteroatoms. The average molecular weight is 429 g/mol. The maximum atomic E-state index is 12.7. The molecule has 0 unspecified atom stereocenters. The van der Waals surface area contributed by atoms with Crippen molar-refractivity contribution in [3.05, 3.63) is 47.8 Å². The molecule has 1 aromatic carbocycles. The smallest absolute Gasteiger partial charge is 0.397 e. The number of benzene rings is 1. The van der Waals surface area contributed by atoms with Gasteiger partial charge in [-0.1, -0.05) is 0 Å². The van der Waals surface area contributed by atoms with E-state index in [4.69, 9.17) is 5.73 Å². The number of nitrogens with zero attached hydrogens (tertiary/aromatic N) is 1. The first-order valence-electron chi connectivity index (χ1n) is 8.67. The molecule has 156 valence electrons. The molecule has 29 heavy (non-hydrogen) atoms. The summed E-state index contributed by atoms with van der Waals surface area (Å²) in [5, 5.41) is 12.4. The van der Waals surface area contributed by atoms with Crippen LogP contribution in [0.5, 0.6) is 0 Å². The molecule has 7 nitrogen and oxygen atoms in total. The highest BCUT2D eigenvalue weighted by Gasteiger charge is 2.31. The first-order valence-corrected chi connectivity index (χ1v) is 10.2. The lowest BCUT2D eigenvalue weighted by Crippen LogP contribution is -2.40. The van der Waals surface area contributed by atoms with Gasteiger partial charge in [0.1, 0.15) is 0 Å². The number of carbonyl (C=O) groups is 1. The molecule has 1 aliphatic rings. The third-order valence-electron chi connectivity index (χ3n) is 4.71. The number of hydrogen-bond acceptors (Lipinski definition) is 6. The zero-order chi connectivity index (χ0) is 21.4. The average Bonchev–Trinajstić information content (AvgIpc) is 3.05. The molecule has 1 aromatic heterocycles. The topological polar surface area (TPSA) is 122 Å². The molecule has 0 bridgehead atoms. The minimum Gasteiger partial charge on any atom is -0.397 e. The Kier molecular flexibility index (Phi) is 5.54. The Morgan fingerprint density at radius 3 is 2.34 bits per heavy atom. The predicted molar refractivity (Wildman–Crippen MR) is 96.7 cm³/mol. The van der Waals surface area contributed by atoms with Gasteiger partial charge in [-0.15, -0.1) is 0 Å². The van der Waals surface area contributed by atoms with Gasteiger partial charge in [0.2, 0.25) is 9.84 Å². The summed E-state index contributed by atoms with van der Waals surface area (Å²) in [5.74, 6) is -0.646. The second-order valence-electron chi connectivity index (χ2n) is 6.71. The van der Waals surface area contributed by atoms with Crippen molar-refractivity contribution in [2.75, 3.05) is 5.73 Å². The lowest BCUT2D eigenvalue weighted by molar-refractivity contribution is -0.137. The van der Waals surface area contributed by atoms with Gasteiger partial charge in [0.05, 0.1) is 33.2 Å². The highest BCUT2D eigenvalue weighted by molar-refractivity contribution is 7.91. The number of aliphatic hydroxyl groups is 1. The largest absolute Gasteiger partial charge is 0.416 e. The van der Waals surface area contributed by atoms with Crippen LogP contribution in [-0.2, 0) is 16.0 Å². The monoisotopic (exact) mass is 429 g/mol. The number of anilines is 1. The van der Waals surface area contributed by atoms with Crippen LogP contribution < -0.4 is 11.1 Å². The van der Waals surface area contributed by atoms with Crippen LogP contribution in [0.1, 0.15) is 35.3 Å². The first-order chi connectivity index (χ1) is 13.5. The number of rotatable bonds is 4. The fourth-order valence-electron chi connectivity index (χ4n) is 3.10. The number of hydrogen-bond donors (Lipinski definition) is 3. The molecule has 1 heterocycles. The molecule has 2 atom stereocenters. The Bertz CT molecular complexity index is 1020. The summed E-state index contributed by atoms with van der Waals surface area (Å²) in [6.07, 6.45) is -2.40. The number of carbonyl (C=O) groups excluding carboxylic acids is 1. The number of halogens is 3. The minimum atomic E-state index is -4.59. The van der Waals surface area contributed by atoms with Gasteiger partial charge in [0.15, 0.2) is 5.69 Å². The maximum absolute atomic E-state index is 12.7. The van der Waals surface area contributed by atoms with Crippen molar-refractivity contribution >= 4 is 21.4 Å². The van der Waals surface area contributed by atoms with Crippen molar-refractivity contribution < 1.29 is 31.5 Å². The van der Waals surface area contributed by atoms with E-state index < -0.39 is 39.6 Å². The summed E-state index contributed by atoms with van der Waals surface area (Å²) in [6, 6.07) is 3.61. The summed E-state index contributed by atoms with van der Waals surface area (Å²) >= 11 is 0. The third kappa shape index (κ3) is 4.35. The number of aliphatic hydroxyl groups excluding tert-OH is 1. The van der Waals surface area contributed by atoms with E-state index in [-0.39, 0.29) is 21.2 Å². The van der Waals surface area contributed by atoms with Gasteiger partial charge < -0.3 is 16.2 Å². The summed E-state index contributed by atoms with van der Waals surface area (Å²) in [4.78, 5) is 15.4. The van der Waals surface area contributed by atoms with Crippen molar-refractivity contribution in [1.82, 2.24) is 10.3 Å². The van der Waals surface area contributed by atoms with Crippen molar-refractivity contribution in [3.8, 4) is 0 Å². The Balaban J connectivity index is 1.84. The number of aromatic nitrogens is 1. The zero-order valence-corrected chi connectivity index (χ0v) is 15.8. The molecule has 1 amide bonds. The van der Waals surface area contributed by atoms with Crippen molar-refractivity contribution in [1.29, 1.82) is 0 Å². The summed E-state index contributed by atoms with van der Waals surface area (Å²) in [5.41, 5.74) is 4.41. The molecule has 2 aromatic rings. The predicted octanol–water partition coefficient (Wildman–Crippen LogP) is 2.16. The number of sulfone groups is 1. The highest BCUT2D eigenvalue weighted by Crippen LogP contribution is 2.31. The Morgan fingerprint density at radius 2 is 1.83 bits per heavy atom. The fourth-order valence-corrected chi connectivity index (χ4v) is 4.34. The molecule has 4 N–H and O–H groups in total. The minimum absolute atomic E-state index is 0.199. The van der Waals surface area contributed by atoms with Crippen LogP contribution in [0.3, 0.4) is 0 Å². The number of pyridine rings is 1. The number of alkyl halides is 3. The van der Waals surface area contributed by atoms with Crippen molar-refractivity contribution in [2.45, 2.75) is 47.4 Å². The van der Waals surface area contributed by atoms with E-state index in [1.807, 2.05) is 0 Å². The molecule has 3 rings (SSSR count). The highest BCUT2D eigenvalue weighted by atomic mass is 32.2. The third-order valence-corrected chi connectivity index (χ3v) is 6.44. The molecule has 1 fully saturated rings. The van der Waals surface area contributed by atoms with E-state index in [9.17, 15) is 31.5 Å². The van der Waals surface area contributed by atoms with Gasteiger partial charge in [0, 0.05) is 6.20 Å². The van der Waals surface area contributed by atoms with Gasteiger partial charge in [-0.05, 0) is 49.6 Å². The number of nitrogen functional groups attached to an aromatic ring is 1. The van der Waals surface area contributed by atoms with E-state index in [1.54, 1.807) is 0 Å². The van der Waals surface area contributed by atoms with Crippen LogP contribution >= 0.6 is 0 Å². The van der Waals surface area contributed by atoms with E-state index in [1.165, 1.54) is 0 Å². The molecule has 0 radical (unpaired) electrons. The molecular formula is C18H18F3N3O4S. The number of amides is 1. The van der Waals surface area contributed by atoms with E-state index >= 15 is 0 Å². The molecule has 0 aliphatic heterocycles. The van der Waals surface area contributed by atoms with Gasteiger partial charge in [0.25, 0.3) is 5.91 Å². The Labute approximate surface area is 164 Å². The number of nitrogens with one attached hydrogen (secondary N) is 1. The lowest BCUT2D eigenvalue weighted by atomic mass is 10.2. The standard InChI is InChI=1S/C18H18F3N3O4S/c19-18(20,21)10-4-6-11(7-5-10)29(27,28)12-8-13(22)16(23-9-12)17(26)24-14-2-1-3-15(14)25/h4-9,14-15,25H,1-3,22H2,(H,24,26)/t14-,15+/m1/s1. The summed E-state index contributed by atoms with van der Waals surface area (Å²) in [7, 11) is -4.18. The van der Waals surface area contributed by atoms with Crippen LogP contribution in [0.25, 0.3) is 0 Å². The second kappa shape index (κ2) is 7.64. The van der Waals surface area contributed by atoms with Gasteiger partial charge >= 0.3 is 6.18 Å². The van der Waals surface area contributed by atoms with Gasteiger partial charge in [-0.25, -0.2) is 13.4 Å². The van der Waals surface area contributed by atoms with Gasteiger partial charge in [-0.3, -0.25) is 4.79 Å². The Hall–Kier alpha value is -2.66.